The molecule has 3 aromatic rings. The van der Waals surface area contributed by atoms with Gasteiger partial charge in [-0.25, -0.2) is 0 Å². The lowest BCUT2D eigenvalue weighted by atomic mass is 10.0. The molecule has 1 N–H and O–H groups in total. The molecule has 0 saturated carbocycles. The summed E-state index contributed by atoms with van der Waals surface area (Å²) in [5.41, 5.74) is 1.92. The number of rotatable bonds is 7. The highest BCUT2D eigenvalue weighted by Gasteiger charge is 2.15. The molecule has 0 unspecified atom stereocenters. The quantitative estimate of drug-likeness (QED) is 0.418. The largest absolute Gasteiger partial charge is 0.497 e. The SMILES string of the molecule is COc1ccc(C=CC(=O)Nc2ccc(Cl)cc2C(=O)c2ccccc2)c(OC)c1. The van der Waals surface area contributed by atoms with E-state index in [1.807, 2.05) is 6.07 Å². The van der Waals surface area contributed by atoms with Gasteiger partial charge in [0.15, 0.2) is 5.78 Å². The van der Waals surface area contributed by atoms with Crippen molar-refractivity contribution in [3.63, 3.8) is 0 Å². The van der Waals surface area contributed by atoms with Gasteiger partial charge in [0.2, 0.25) is 5.91 Å². The molecule has 0 aromatic heterocycles. The van der Waals surface area contributed by atoms with E-state index < -0.39 is 5.91 Å². The fourth-order valence-electron chi connectivity index (χ4n) is 2.85. The molecule has 0 heterocycles. The van der Waals surface area contributed by atoms with Crippen LogP contribution in [-0.4, -0.2) is 25.9 Å². The van der Waals surface area contributed by atoms with Crippen molar-refractivity contribution >= 4 is 35.1 Å². The Kier molecular flexibility index (Phi) is 6.88. The number of carbonyl (C=O) groups is 2. The van der Waals surface area contributed by atoms with Crippen LogP contribution in [0, 0.1) is 0 Å². The summed E-state index contributed by atoms with van der Waals surface area (Å²) >= 11 is 6.08. The third kappa shape index (κ3) is 5.07. The van der Waals surface area contributed by atoms with Crippen molar-refractivity contribution in [2.75, 3.05) is 19.5 Å². The number of methoxy groups -OCH3 is 2. The van der Waals surface area contributed by atoms with Gasteiger partial charge < -0.3 is 14.8 Å². The third-order valence-electron chi connectivity index (χ3n) is 4.37. The lowest BCUT2D eigenvalue weighted by Crippen LogP contribution is -2.12. The highest BCUT2D eigenvalue weighted by atomic mass is 35.5. The first-order chi connectivity index (χ1) is 14.5. The van der Waals surface area contributed by atoms with Crippen LogP contribution in [-0.2, 0) is 4.79 Å². The van der Waals surface area contributed by atoms with E-state index in [0.717, 1.165) is 0 Å². The Balaban J connectivity index is 1.82. The van der Waals surface area contributed by atoms with Gasteiger partial charge in [0.25, 0.3) is 0 Å². The van der Waals surface area contributed by atoms with Crippen molar-refractivity contribution in [2.24, 2.45) is 0 Å². The fourth-order valence-corrected chi connectivity index (χ4v) is 3.03. The molecule has 0 aliphatic rings. The molecule has 0 atom stereocenters. The van der Waals surface area contributed by atoms with Gasteiger partial charge >= 0.3 is 0 Å². The first kappa shape index (κ1) is 21.1. The maximum atomic E-state index is 12.9. The molecule has 3 aromatic carbocycles. The monoisotopic (exact) mass is 421 g/mol. The van der Waals surface area contributed by atoms with Crippen molar-refractivity contribution in [1.29, 1.82) is 0 Å². The van der Waals surface area contributed by atoms with Crippen LogP contribution >= 0.6 is 11.6 Å². The number of carbonyl (C=O) groups excluding carboxylic acids is 2. The van der Waals surface area contributed by atoms with Gasteiger partial charge in [-0.2, -0.15) is 0 Å². The maximum Gasteiger partial charge on any atom is 0.248 e. The summed E-state index contributed by atoms with van der Waals surface area (Å²) in [7, 11) is 3.11. The highest BCUT2D eigenvalue weighted by molar-refractivity contribution is 6.31. The van der Waals surface area contributed by atoms with Crippen molar-refractivity contribution < 1.29 is 19.1 Å². The standard InChI is InChI=1S/C24H20ClNO4/c1-29-19-11-8-16(22(15-19)30-2)9-13-23(27)26-21-12-10-18(25)14-20(21)24(28)17-6-4-3-5-7-17/h3-15H,1-2H3,(H,26,27). The Bertz CT molecular complexity index is 1090. The second-order valence-electron chi connectivity index (χ2n) is 6.32. The number of nitrogens with one attached hydrogen (secondary N) is 1. The van der Waals surface area contributed by atoms with E-state index in [9.17, 15) is 9.59 Å². The summed E-state index contributed by atoms with van der Waals surface area (Å²) in [6.07, 6.45) is 3.00. The molecular formula is C24H20ClNO4. The molecule has 0 radical (unpaired) electrons. The van der Waals surface area contributed by atoms with Gasteiger partial charge in [-0.05, 0) is 36.4 Å². The van der Waals surface area contributed by atoms with Crippen LogP contribution < -0.4 is 14.8 Å². The van der Waals surface area contributed by atoms with Crippen molar-refractivity contribution in [2.45, 2.75) is 0 Å². The lowest BCUT2D eigenvalue weighted by molar-refractivity contribution is -0.111. The molecule has 152 valence electrons. The van der Waals surface area contributed by atoms with Gasteiger partial charge in [-0.15, -0.1) is 0 Å². The van der Waals surface area contributed by atoms with Gasteiger partial charge in [0.05, 0.1) is 19.9 Å². The van der Waals surface area contributed by atoms with Crippen LogP contribution in [0.5, 0.6) is 11.5 Å². The Labute approximate surface area is 179 Å². The Morgan fingerprint density at radius 3 is 2.40 bits per heavy atom. The van der Waals surface area contributed by atoms with Crippen molar-refractivity contribution in [1.82, 2.24) is 0 Å². The number of hydrogen-bond donors (Lipinski definition) is 1. The minimum Gasteiger partial charge on any atom is -0.497 e. The van der Waals surface area contributed by atoms with Crippen LogP contribution in [0.1, 0.15) is 21.5 Å². The highest BCUT2D eigenvalue weighted by Crippen LogP contribution is 2.26. The predicted molar refractivity (Wildman–Crippen MR) is 119 cm³/mol. The number of anilines is 1. The van der Waals surface area contributed by atoms with Crippen LogP contribution in [0.3, 0.4) is 0 Å². The molecule has 1 amide bonds. The van der Waals surface area contributed by atoms with E-state index in [-0.39, 0.29) is 5.78 Å². The van der Waals surface area contributed by atoms with E-state index >= 15 is 0 Å². The van der Waals surface area contributed by atoms with Crippen LogP contribution in [0.15, 0.2) is 72.8 Å². The predicted octanol–water partition coefficient (Wildman–Crippen LogP) is 5.24. The molecule has 6 heteroatoms. The maximum absolute atomic E-state index is 12.9. The van der Waals surface area contributed by atoms with Crippen molar-refractivity contribution in [3.05, 3.63) is 94.5 Å². The van der Waals surface area contributed by atoms with Crippen LogP contribution in [0.2, 0.25) is 5.02 Å². The summed E-state index contributed by atoms with van der Waals surface area (Å²) < 4.78 is 10.5. The summed E-state index contributed by atoms with van der Waals surface area (Å²) in [5.74, 6) is 0.607. The van der Waals surface area contributed by atoms with E-state index in [1.54, 1.807) is 81.0 Å². The molecule has 0 spiro atoms. The Morgan fingerprint density at radius 1 is 0.933 bits per heavy atom. The number of amides is 1. The third-order valence-corrected chi connectivity index (χ3v) is 4.61. The molecule has 0 saturated heterocycles. The summed E-state index contributed by atoms with van der Waals surface area (Å²) in [6, 6.07) is 18.9. The fraction of sp³-hybridized carbons (Fsp3) is 0.0833. The molecule has 0 fully saturated rings. The first-order valence-corrected chi connectivity index (χ1v) is 9.50. The molecule has 0 aliphatic heterocycles. The van der Waals surface area contributed by atoms with E-state index in [0.29, 0.717) is 38.9 Å². The number of ketones is 1. The minimum absolute atomic E-state index is 0.228. The number of benzene rings is 3. The molecular weight excluding hydrogens is 402 g/mol. The van der Waals surface area contributed by atoms with Gasteiger partial charge in [-0.3, -0.25) is 9.59 Å². The molecule has 3 rings (SSSR count). The number of halogens is 1. The number of ether oxygens (including phenoxy) is 2. The lowest BCUT2D eigenvalue weighted by Gasteiger charge is -2.10. The second kappa shape index (κ2) is 9.76. The van der Waals surface area contributed by atoms with E-state index in [2.05, 4.69) is 5.32 Å². The van der Waals surface area contributed by atoms with Crippen LogP contribution in [0.4, 0.5) is 5.69 Å². The average Bonchev–Trinajstić information content (AvgIpc) is 2.78. The molecule has 30 heavy (non-hydrogen) atoms. The molecule has 0 aliphatic carbocycles. The van der Waals surface area contributed by atoms with Crippen molar-refractivity contribution in [3.8, 4) is 11.5 Å². The summed E-state index contributed by atoms with van der Waals surface area (Å²) in [6.45, 7) is 0. The Hall–Kier alpha value is -3.57. The molecule has 5 nitrogen and oxygen atoms in total. The smallest absolute Gasteiger partial charge is 0.248 e. The normalized spacial score (nSPS) is 10.6. The summed E-state index contributed by atoms with van der Waals surface area (Å²) in [5, 5.41) is 3.16. The zero-order valence-corrected chi connectivity index (χ0v) is 17.3. The zero-order chi connectivity index (χ0) is 21.5. The average molecular weight is 422 g/mol. The van der Waals surface area contributed by atoms with Gasteiger partial charge in [0.1, 0.15) is 11.5 Å². The summed E-state index contributed by atoms with van der Waals surface area (Å²) in [4.78, 5) is 25.4. The zero-order valence-electron chi connectivity index (χ0n) is 16.5. The van der Waals surface area contributed by atoms with E-state index in [4.69, 9.17) is 21.1 Å². The van der Waals surface area contributed by atoms with Gasteiger partial charge in [-0.1, -0.05) is 41.9 Å². The van der Waals surface area contributed by atoms with E-state index in [1.165, 1.54) is 6.08 Å². The minimum atomic E-state index is -0.391. The first-order valence-electron chi connectivity index (χ1n) is 9.12. The second-order valence-corrected chi connectivity index (χ2v) is 6.75. The molecule has 0 bridgehead atoms. The Morgan fingerprint density at radius 2 is 1.70 bits per heavy atom. The van der Waals surface area contributed by atoms with Gasteiger partial charge in [0, 0.05) is 33.9 Å². The topological polar surface area (TPSA) is 64.6 Å². The van der Waals surface area contributed by atoms with Crippen LogP contribution in [0.25, 0.3) is 6.08 Å². The number of hydrogen-bond acceptors (Lipinski definition) is 4.